The van der Waals surface area contributed by atoms with Gasteiger partial charge in [0.15, 0.2) is 0 Å². The molecule has 2 aromatic carbocycles. The smallest absolute Gasteiger partial charge is 0.387 e. The molecule has 0 saturated heterocycles. The van der Waals surface area contributed by atoms with E-state index in [-0.39, 0.29) is 24.1 Å². The molecule has 2 aromatic rings. The molecule has 2 amide bonds. The van der Waals surface area contributed by atoms with Crippen LogP contribution < -0.4 is 10.1 Å². The van der Waals surface area contributed by atoms with Gasteiger partial charge in [0.25, 0.3) is 5.91 Å². The van der Waals surface area contributed by atoms with E-state index in [2.05, 4.69) is 29.7 Å². The number of hydrogen-bond donors (Lipinski definition) is 1. The van der Waals surface area contributed by atoms with Gasteiger partial charge in [-0.25, -0.2) is 0 Å². The lowest BCUT2D eigenvalue weighted by Gasteiger charge is -2.26. The third-order valence-corrected chi connectivity index (χ3v) is 5.84. The standard InChI is InChI=1S/C21H24F2N2O3Si/c1-29(2,3)13-24-19(26)18-16-6-4-5-7-17(16)20(27)25(18)12-14-8-10-15(11-9-14)28-21(22)23/h4-11,18,21H,12-13H2,1-3H3,(H,24,26). The molecule has 1 heterocycles. The van der Waals surface area contributed by atoms with Crippen molar-refractivity contribution in [3.63, 3.8) is 0 Å². The zero-order valence-corrected chi connectivity index (χ0v) is 17.6. The van der Waals surface area contributed by atoms with Crippen molar-refractivity contribution in [2.75, 3.05) is 6.17 Å². The van der Waals surface area contributed by atoms with Crippen LogP contribution in [-0.2, 0) is 11.3 Å². The Morgan fingerprint density at radius 2 is 1.79 bits per heavy atom. The molecule has 0 saturated carbocycles. The molecule has 3 rings (SSSR count). The first-order chi connectivity index (χ1) is 13.7. The van der Waals surface area contributed by atoms with Crippen molar-refractivity contribution >= 4 is 19.9 Å². The minimum Gasteiger partial charge on any atom is -0.435 e. The van der Waals surface area contributed by atoms with Gasteiger partial charge in [-0.15, -0.1) is 0 Å². The highest BCUT2D eigenvalue weighted by Gasteiger charge is 2.41. The van der Waals surface area contributed by atoms with E-state index >= 15 is 0 Å². The Balaban J connectivity index is 1.83. The van der Waals surface area contributed by atoms with E-state index in [1.165, 1.54) is 17.0 Å². The van der Waals surface area contributed by atoms with E-state index in [1.807, 2.05) is 6.07 Å². The average molecular weight is 419 g/mol. The van der Waals surface area contributed by atoms with Gasteiger partial charge in [-0.3, -0.25) is 9.59 Å². The summed E-state index contributed by atoms with van der Waals surface area (Å²) in [7, 11) is -1.51. The molecular formula is C21H24F2N2O3Si. The number of alkyl halides is 2. The maximum absolute atomic E-state index is 13.0. The Kier molecular flexibility index (Phi) is 6.02. The maximum atomic E-state index is 13.0. The predicted molar refractivity (Wildman–Crippen MR) is 108 cm³/mol. The monoisotopic (exact) mass is 418 g/mol. The Bertz CT molecular complexity index is 898. The molecule has 0 fully saturated rings. The van der Waals surface area contributed by atoms with Crippen molar-refractivity contribution in [1.29, 1.82) is 0 Å². The number of ether oxygens (including phenoxy) is 1. The van der Waals surface area contributed by atoms with E-state index in [4.69, 9.17) is 0 Å². The molecule has 1 atom stereocenters. The number of nitrogens with zero attached hydrogens (tertiary/aromatic N) is 1. The molecule has 1 N–H and O–H groups in total. The quantitative estimate of drug-likeness (QED) is 0.692. The molecule has 154 valence electrons. The van der Waals surface area contributed by atoms with Gasteiger partial charge in [0, 0.05) is 18.3 Å². The first kappa shape index (κ1) is 21.0. The molecule has 29 heavy (non-hydrogen) atoms. The van der Waals surface area contributed by atoms with E-state index in [0.717, 1.165) is 5.56 Å². The number of amides is 2. The van der Waals surface area contributed by atoms with Gasteiger partial charge in [-0.2, -0.15) is 8.78 Å². The van der Waals surface area contributed by atoms with Crippen LogP contribution in [0.5, 0.6) is 5.75 Å². The molecular weight excluding hydrogens is 394 g/mol. The number of carbonyl (C=O) groups excluding carboxylic acids is 2. The maximum Gasteiger partial charge on any atom is 0.387 e. The first-order valence-electron chi connectivity index (χ1n) is 9.37. The zero-order chi connectivity index (χ0) is 21.2. The normalized spacial score (nSPS) is 16.1. The SMILES string of the molecule is C[Si](C)(C)CNC(=O)C1c2ccccc2C(=O)N1Cc1ccc(OC(F)F)cc1. The number of fused-ring (bicyclic) bond motifs is 1. The second-order valence-electron chi connectivity index (χ2n) is 8.22. The number of nitrogens with one attached hydrogen (secondary N) is 1. The second kappa shape index (κ2) is 8.32. The predicted octanol–water partition coefficient (Wildman–Crippen LogP) is 3.98. The van der Waals surface area contributed by atoms with Gasteiger partial charge in [-0.1, -0.05) is 50.0 Å². The minimum absolute atomic E-state index is 0.0456. The summed E-state index contributed by atoms with van der Waals surface area (Å²) < 4.78 is 29.0. The highest BCUT2D eigenvalue weighted by atomic mass is 28.3. The second-order valence-corrected chi connectivity index (χ2v) is 13.7. The van der Waals surface area contributed by atoms with Crippen LogP contribution in [0.1, 0.15) is 27.5 Å². The van der Waals surface area contributed by atoms with Crippen LogP contribution in [0.15, 0.2) is 48.5 Å². The fraction of sp³-hybridized carbons (Fsp3) is 0.333. The number of carbonyl (C=O) groups is 2. The molecule has 0 spiro atoms. The van der Waals surface area contributed by atoms with Crippen LogP contribution in [-0.4, -0.2) is 37.6 Å². The fourth-order valence-corrected chi connectivity index (χ4v) is 3.94. The minimum atomic E-state index is -2.89. The highest BCUT2D eigenvalue weighted by Crippen LogP contribution is 2.35. The number of benzene rings is 2. The molecule has 0 aliphatic carbocycles. The highest BCUT2D eigenvalue weighted by molar-refractivity contribution is 6.76. The van der Waals surface area contributed by atoms with E-state index < -0.39 is 20.7 Å². The molecule has 8 heteroatoms. The van der Waals surface area contributed by atoms with Crippen molar-refractivity contribution in [2.24, 2.45) is 0 Å². The summed E-state index contributed by atoms with van der Waals surface area (Å²) in [6, 6.07) is 12.5. The van der Waals surface area contributed by atoms with Crippen LogP contribution in [0.3, 0.4) is 0 Å². The summed E-state index contributed by atoms with van der Waals surface area (Å²) in [5.74, 6) is -0.380. The van der Waals surface area contributed by atoms with Crippen LogP contribution >= 0.6 is 0 Å². The summed E-state index contributed by atoms with van der Waals surface area (Å²) >= 11 is 0. The lowest BCUT2D eigenvalue weighted by molar-refractivity contribution is -0.125. The molecule has 0 bridgehead atoms. The van der Waals surface area contributed by atoms with Crippen molar-refractivity contribution in [2.45, 2.75) is 38.8 Å². The molecule has 0 radical (unpaired) electrons. The molecule has 5 nitrogen and oxygen atoms in total. The van der Waals surface area contributed by atoms with E-state index in [1.54, 1.807) is 30.3 Å². The van der Waals surface area contributed by atoms with Crippen LogP contribution in [0.25, 0.3) is 0 Å². The number of rotatable bonds is 7. The summed E-state index contributed by atoms with van der Waals surface area (Å²) in [5, 5.41) is 3.00. The van der Waals surface area contributed by atoms with Crippen LogP contribution in [0.2, 0.25) is 19.6 Å². The summed E-state index contributed by atoms with van der Waals surface area (Å²) in [5.41, 5.74) is 1.91. The number of hydrogen-bond acceptors (Lipinski definition) is 3. The topological polar surface area (TPSA) is 58.6 Å². The Morgan fingerprint density at radius 3 is 2.41 bits per heavy atom. The van der Waals surface area contributed by atoms with Gasteiger partial charge >= 0.3 is 6.61 Å². The summed E-state index contributed by atoms with van der Waals surface area (Å²) in [6.45, 7) is 3.76. The van der Waals surface area contributed by atoms with Gasteiger partial charge in [0.2, 0.25) is 5.91 Å². The Labute approximate surface area is 169 Å². The largest absolute Gasteiger partial charge is 0.435 e. The van der Waals surface area contributed by atoms with Crippen molar-refractivity contribution in [1.82, 2.24) is 10.2 Å². The molecule has 1 aliphatic heterocycles. The fourth-order valence-electron chi connectivity index (χ4n) is 3.24. The van der Waals surface area contributed by atoms with Crippen molar-refractivity contribution in [3.05, 3.63) is 65.2 Å². The van der Waals surface area contributed by atoms with Gasteiger partial charge in [0.05, 0.1) is 8.07 Å². The lowest BCUT2D eigenvalue weighted by atomic mass is 10.0. The van der Waals surface area contributed by atoms with Crippen molar-refractivity contribution < 1.29 is 23.1 Å². The number of halogens is 2. The molecule has 1 aliphatic rings. The average Bonchev–Trinajstić information content (AvgIpc) is 2.93. The summed E-state index contributed by atoms with van der Waals surface area (Å²) in [4.78, 5) is 27.5. The zero-order valence-electron chi connectivity index (χ0n) is 16.6. The third kappa shape index (κ3) is 5.00. The molecule has 0 aromatic heterocycles. The Morgan fingerprint density at radius 1 is 1.14 bits per heavy atom. The lowest BCUT2D eigenvalue weighted by Crippen LogP contribution is -2.45. The molecule has 1 unspecified atom stereocenters. The third-order valence-electron chi connectivity index (χ3n) is 4.60. The van der Waals surface area contributed by atoms with Gasteiger partial charge in [-0.05, 0) is 29.3 Å². The van der Waals surface area contributed by atoms with E-state index in [9.17, 15) is 18.4 Å². The van der Waals surface area contributed by atoms with Gasteiger partial charge in [0.1, 0.15) is 11.8 Å². The van der Waals surface area contributed by atoms with Crippen molar-refractivity contribution in [3.8, 4) is 5.75 Å². The van der Waals surface area contributed by atoms with Crippen LogP contribution in [0.4, 0.5) is 8.78 Å². The van der Waals surface area contributed by atoms with E-state index in [0.29, 0.717) is 17.3 Å². The first-order valence-corrected chi connectivity index (χ1v) is 13.1. The summed E-state index contributed by atoms with van der Waals surface area (Å²) in [6.07, 6.45) is 0.617. The van der Waals surface area contributed by atoms with Gasteiger partial charge < -0.3 is 15.0 Å². The Hall–Kier alpha value is -2.74. The van der Waals surface area contributed by atoms with Crippen LogP contribution in [0, 0.1) is 0 Å².